The van der Waals surface area contributed by atoms with Gasteiger partial charge in [-0.25, -0.2) is 0 Å². The lowest BCUT2D eigenvalue weighted by molar-refractivity contribution is -0.120. The van der Waals surface area contributed by atoms with Gasteiger partial charge in [-0.15, -0.1) is 0 Å². The second kappa shape index (κ2) is 8.64. The van der Waals surface area contributed by atoms with Crippen LogP contribution in [-0.2, 0) is 27.8 Å². The van der Waals surface area contributed by atoms with Gasteiger partial charge in [-0.3, -0.25) is 9.59 Å². The molecule has 1 saturated carbocycles. The van der Waals surface area contributed by atoms with E-state index in [2.05, 4.69) is 43.4 Å². The average Bonchev–Trinajstić information content (AvgIpc) is 3.51. The minimum atomic E-state index is -0.415. The zero-order valence-corrected chi connectivity index (χ0v) is 19.9. The number of ether oxygens (including phenoxy) is 2. The maximum atomic E-state index is 13.5. The van der Waals surface area contributed by atoms with Gasteiger partial charge in [0, 0.05) is 19.0 Å². The van der Waals surface area contributed by atoms with E-state index in [9.17, 15) is 9.59 Å². The number of ketones is 1. The Kier molecular flexibility index (Phi) is 5.64. The predicted molar refractivity (Wildman–Crippen MR) is 132 cm³/mol. The van der Waals surface area contributed by atoms with E-state index in [0.717, 1.165) is 69.8 Å². The summed E-state index contributed by atoms with van der Waals surface area (Å²) in [4.78, 5) is 25.0. The van der Waals surface area contributed by atoms with Crippen LogP contribution >= 0.6 is 0 Å². The maximum absolute atomic E-state index is 13.5. The molecule has 0 unspecified atom stereocenters. The van der Waals surface area contributed by atoms with Crippen LogP contribution in [0.15, 0.2) is 54.6 Å². The normalized spacial score (nSPS) is 15.1. The monoisotopic (exact) mass is 455 g/mol. The molecular weight excluding hydrogens is 426 g/mol. The molecule has 1 aliphatic heterocycles. The Bertz CT molecular complexity index is 1290. The van der Waals surface area contributed by atoms with E-state index < -0.39 is 5.41 Å². The van der Waals surface area contributed by atoms with Gasteiger partial charge in [-0.1, -0.05) is 37.3 Å². The van der Waals surface area contributed by atoms with E-state index in [1.54, 1.807) is 0 Å². The fourth-order valence-corrected chi connectivity index (χ4v) is 4.86. The highest BCUT2D eigenvalue weighted by Crippen LogP contribution is 2.51. The lowest BCUT2D eigenvalue weighted by Gasteiger charge is -2.17. The molecule has 3 aromatic carbocycles. The Hall–Kier alpha value is -3.60. The first-order valence-electron chi connectivity index (χ1n) is 11.8. The molecule has 0 spiro atoms. The standard InChI is InChI=1S/C29H29NO4/c1-4-21-15-22(7-9-25(21)30-19(3)31)24-13-20(6-5-18(24)2)14-28(32)29(11-12-29)23-8-10-26-27(16-23)34-17-33-26/h5-10,13,15-16H,4,11-12,14,17H2,1-3H3,(H,30,31). The van der Waals surface area contributed by atoms with Gasteiger partial charge in [-0.2, -0.15) is 0 Å². The molecule has 3 aromatic rings. The van der Waals surface area contributed by atoms with E-state index >= 15 is 0 Å². The summed E-state index contributed by atoms with van der Waals surface area (Å²) in [5, 5.41) is 2.91. The van der Waals surface area contributed by atoms with Crippen LogP contribution in [0.5, 0.6) is 11.5 Å². The SMILES string of the molecule is CCc1cc(-c2cc(CC(=O)C3(c4ccc5c(c4)OCO5)CC3)ccc2C)ccc1NC(C)=O. The largest absolute Gasteiger partial charge is 0.454 e. The number of amides is 1. The molecule has 34 heavy (non-hydrogen) atoms. The Morgan fingerprint density at radius 2 is 1.76 bits per heavy atom. The highest BCUT2D eigenvalue weighted by molar-refractivity contribution is 5.95. The first kappa shape index (κ1) is 22.2. The zero-order chi connectivity index (χ0) is 23.9. The first-order valence-corrected chi connectivity index (χ1v) is 11.8. The Morgan fingerprint density at radius 3 is 2.50 bits per heavy atom. The van der Waals surface area contributed by atoms with Gasteiger partial charge in [-0.05, 0) is 83.8 Å². The Morgan fingerprint density at radius 1 is 0.971 bits per heavy atom. The summed E-state index contributed by atoms with van der Waals surface area (Å²) in [6.07, 6.45) is 2.95. The number of fused-ring (bicyclic) bond motifs is 1. The molecule has 0 radical (unpaired) electrons. The van der Waals surface area contributed by atoms with E-state index in [4.69, 9.17) is 9.47 Å². The molecule has 5 heteroatoms. The second-order valence-corrected chi connectivity index (χ2v) is 9.31. The van der Waals surface area contributed by atoms with Crippen molar-refractivity contribution in [2.24, 2.45) is 0 Å². The van der Waals surface area contributed by atoms with Crippen LogP contribution < -0.4 is 14.8 Å². The van der Waals surface area contributed by atoms with Crippen molar-refractivity contribution in [3.8, 4) is 22.6 Å². The van der Waals surface area contributed by atoms with Crippen molar-refractivity contribution in [1.29, 1.82) is 0 Å². The molecule has 0 aromatic heterocycles. The van der Waals surface area contributed by atoms with Crippen LogP contribution in [0.4, 0.5) is 5.69 Å². The van der Waals surface area contributed by atoms with E-state index in [1.165, 1.54) is 6.92 Å². The quantitative estimate of drug-likeness (QED) is 0.492. The molecule has 1 amide bonds. The van der Waals surface area contributed by atoms with Crippen LogP contribution in [0, 0.1) is 6.92 Å². The van der Waals surface area contributed by atoms with Gasteiger partial charge < -0.3 is 14.8 Å². The number of carbonyl (C=O) groups is 2. The van der Waals surface area contributed by atoms with Gasteiger partial charge in [0.1, 0.15) is 5.78 Å². The van der Waals surface area contributed by atoms with E-state index in [0.29, 0.717) is 6.42 Å². The molecule has 1 N–H and O–H groups in total. The maximum Gasteiger partial charge on any atom is 0.231 e. The molecule has 1 fully saturated rings. The summed E-state index contributed by atoms with van der Waals surface area (Å²) in [5.74, 6) is 1.64. The van der Waals surface area contributed by atoms with Crippen molar-refractivity contribution in [2.45, 2.75) is 51.9 Å². The fraction of sp³-hybridized carbons (Fsp3) is 0.310. The summed E-state index contributed by atoms with van der Waals surface area (Å²) < 4.78 is 11.0. The predicted octanol–water partition coefficient (Wildman–Crippen LogP) is 5.75. The molecule has 1 heterocycles. The Labute approximate surface area is 200 Å². The van der Waals surface area contributed by atoms with Gasteiger partial charge >= 0.3 is 0 Å². The number of hydrogen-bond acceptors (Lipinski definition) is 4. The topological polar surface area (TPSA) is 64.6 Å². The minimum Gasteiger partial charge on any atom is -0.454 e. The summed E-state index contributed by atoms with van der Waals surface area (Å²) in [6.45, 7) is 5.92. The summed E-state index contributed by atoms with van der Waals surface area (Å²) >= 11 is 0. The summed E-state index contributed by atoms with van der Waals surface area (Å²) in [5.41, 5.74) is 6.92. The molecule has 0 atom stereocenters. The number of nitrogens with one attached hydrogen (secondary N) is 1. The van der Waals surface area contributed by atoms with Crippen LogP contribution in [0.2, 0.25) is 0 Å². The second-order valence-electron chi connectivity index (χ2n) is 9.31. The average molecular weight is 456 g/mol. The number of anilines is 1. The van der Waals surface area contributed by atoms with Crippen LogP contribution in [0.25, 0.3) is 11.1 Å². The fourth-order valence-electron chi connectivity index (χ4n) is 4.86. The summed E-state index contributed by atoms with van der Waals surface area (Å²) in [7, 11) is 0. The van der Waals surface area contributed by atoms with Gasteiger partial charge in [0.05, 0.1) is 5.41 Å². The summed E-state index contributed by atoms with van der Waals surface area (Å²) in [6, 6.07) is 18.3. The van der Waals surface area contributed by atoms with Crippen LogP contribution in [0.3, 0.4) is 0 Å². The number of Topliss-reactive ketones (excluding diaryl/α,β-unsaturated/α-hetero) is 1. The lowest BCUT2D eigenvalue weighted by atomic mass is 9.86. The molecular formula is C29H29NO4. The highest BCUT2D eigenvalue weighted by atomic mass is 16.7. The lowest BCUT2D eigenvalue weighted by Crippen LogP contribution is -2.22. The molecule has 5 rings (SSSR count). The van der Waals surface area contributed by atoms with Crippen molar-refractivity contribution >= 4 is 17.4 Å². The number of rotatable bonds is 7. The number of hydrogen-bond donors (Lipinski definition) is 1. The molecule has 174 valence electrons. The van der Waals surface area contributed by atoms with Gasteiger partial charge in [0.25, 0.3) is 0 Å². The highest BCUT2D eigenvalue weighted by Gasteiger charge is 2.50. The molecule has 2 aliphatic rings. The van der Waals surface area contributed by atoms with Gasteiger partial charge in [0.15, 0.2) is 11.5 Å². The van der Waals surface area contributed by atoms with E-state index in [-0.39, 0.29) is 18.5 Å². The minimum absolute atomic E-state index is 0.0735. The van der Waals surface area contributed by atoms with Crippen LogP contribution in [-0.4, -0.2) is 18.5 Å². The van der Waals surface area contributed by atoms with E-state index in [1.807, 2.05) is 30.3 Å². The van der Waals surface area contributed by atoms with Crippen molar-refractivity contribution in [3.05, 3.63) is 76.9 Å². The molecule has 1 aliphatic carbocycles. The van der Waals surface area contributed by atoms with Crippen molar-refractivity contribution in [2.75, 3.05) is 12.1 Å². The van der Waals surface area contributed by atoms with Crippen molar-refractivity contribution in [1.82, 2.24) is 0 Å². The van der Waals surface area contributed by atoms with Gasteiger partial charge in [0.2, 0.25) is 12.7 Å². The molecule has 0 saturated heterocycles. The number of aryl methyl sites for hydroxylation is 2. The third-order valence-electron chi connectivity index (χ3n) is 6.98. The van der Waals surface area contributed by atoms with Crippen LogP contribution in [0.1, 0.15) is 48.9 Å². The smallest absolute Gasteiger partial charge is 0.231 e. The Balaban J connectivity index is 1.40. The number of carbonyl (C=O) groups excluding carboxylic acids is 2. The zero-order valence-electron chi connectivity index (χ0n) is 19.9. The third-order valence-corrected chi connectivity index (χ3v) is 6.98. The third kappa shape index (κ3) is 4.07. The number of benzene rings is 3. The first-order chi connectivity index (χ1) is 16.4. The molecule has 5 nitrogen and oxygen atoms in total. The molecule has 0 bridgehead atoms. The van der Waals surface area contributed by atoms with Crippen molar-refractivity contribution < 1.29 is 19.1 Å². The van der Waals surface area contributed by atoms with Crippen molar-refractivity contribution in [3.63, 3.8) is 0 Å².